The van der Waals surface area contributed by atoms with Gasteiger partial charge in [-0.05, 0) is 0 Å². The number of rotatable bonds is 1. The van der Waals surface area contributed by atoms with Crippen LogP contribution in [0.25, 0.3) is 16.7 Å². The summed E-state index contributed by atoms with van der Waals surface area (Å²) in [6, 6.07) is 0.327. The van der Waals surface area contributed by atoms with Gasteiger partial charge in [-0.1, -0.05) is 0 Å². The van der Waals surface area contributed by atoms with Crippen LogP contribution >= 0.6 is 0 Å². The first-order valence-electron chi connectivity index (χ1n) is 4.36. The van der Waals surface area contributed by atoms with E-state index in [4.69, 9.17) is 4.74 Å². The van der Waals surface area contributed by atoms with Crippen LogP contribution in [-0.4, -0.2) is 36.5 Å². The van der Waals surface area contributed by atoms with Gasteiger partial charge in [-0.15, -0.1) is 5.10 Å². The molecule has 0 aliphatic heterocycles. The number of ether oxygens (including phenoxy) is 1. The highest BCUT2D eigenvalue weighted by Crippen LogP contribution is 2.16. The standard InChI is InChI=1S/C8H8N6O/c1-13-6-5(3-10-13)7-11-8(15-2)12-14(7)4-9-6/h3-4H,1-2H3. The second-order valence-corrected chi connectivity index (χ2v) is 3.12. The summed E-state index contributed by atoms with van der Waals surface area (Å²) in [5, 5.41) is 9.04. The second-order valence-electron chi connectivity index (χ2n) is 3.12. The molecule has 76 valence electrons. The summed E-state index contributed by atoms with van der Waals surface area (Å²) in [6.07, 6.45) is 3.31. The number of aromatic nitrogens is 6. The molecular formula is C8H8N6O. The zero-order valence-electron chi connectivity index (χ0n) is 8.25. The fourth-order valence-electron chi connectivity index (χ4n) is 1.51. The van der Waals surface area contributed by atoms with Crippen molar-refractivity contribution in [3.8, 4) is 6.01 Å². The molecule has 3 aromatic rings. The van der Waals surface area contributed by atoms with Crippen molar-refractivity contribution in [2.24, 2.45) is 7.05 Å². The van der Waals surface area contributed by atoms with Crippen molar-refractivity contribution in [1.29, 1.82) is 0 Å². The van der Waals surface area contributed by atoms with Gasteiger partial charge >= 0.3 is 6.01 Å². The SMILES string of the molecule is COc1nc2c3cnn(C)c3ncn2n1. The molecule has 3 heterocycles. The molecule has 7 nitrogen and oxygen atoms in total. The zero-order valence-corrected chi connectivity index (χ0v) is 8.25. The van der Waals surface area contributed by atoms with Crippen LogP contribution in [0.5, 0.6) is 6.01 Å². The number of hydrogen-bond acceptors (Lipinski definition) is 5. The van der Waals surface area contributed by atoms with Crippen LogP contribution in [0.3, 0.4) is 0 Å². The average molecular weight is 204 g/mol. The van der Waals surface area contributed by atoms with E-state index in [1.807, 2.05) is 7.05 Å². The maximum atomic E-state index is 4.96. The van der Waals surface area contributed by atoms with Crippen LogP contribution in [0.2, 0.25) is 0 Å². The van der Waals surface area contributed by atoms with E-state index in [2.05, 4.69) is 20.2 Å². The fraction of sp³-hybridized carbons (Fsp3) is 0.250. The van der Waals surface area contributed by atoms with Crippen molar-refractivity contribution in [2.45, 2.75) is 0 Å². The normalized spacial score (nSPS) is 11.3. The Hall–Kier alpha value is -2.18. The van der Waals surface area contributed by atoms with Crippen molar-refractivity contribution in [3.63, 3.8) is 0 Å². The van der Waals surface area contributed by atoms with Crippen molar-refractivity contribution in [1.82, 2.24) is 29.4 Å². The van der Waals surface area contributed by atoms with E-state index in [-0.39, 0.29) is 0 Å². The summed E-state index contributed by atoms with van der Waals surface area (Å²) in [5.41, 5.74) is 1.47. The predicted octanol–water partition coefficient (Wildman–Crippen LogP) is 0.0196. The van der Waals surface area contributed by atoms with Gasteiger partial charge in [0.1, 0.15) is 6.33 Å². The Bertz CT molecular complexity index is 639. The molecule has 0 atom stereocenters. The molecule has 15 heavy (non-hydrogen) atoms. The van der Waals surface area contributed by atoms with Crippen LogP contribution in [0.1, 0.15) is 0 Å². The highest BCUT2D eigenvalue weighted by Gasteiger charge is 2.10. The summed E-state index contributed by atoms with van der Waals surface area (Å²) >= 11 is 0. The molecule has 3 aromatic heterocycles. The maximum absolute atomic E-state index is 4.96. The van der Waals surface area contributed by atoms with Crippen LogP contribution in [0.15, 0.2) is 12.5 Å². The fourth-order valence-corrected chi connectivity index (χ4v) is 1.51. The Morgan fingerprint density at radius 2 is 2.20 bits per heavy atom. The molecule has 0 unspecified atom stereocenters. The van der Waals surface area contributed by atoms with Gasteiger partial charge in [-0.3, -0.25) is 4.68 Å². The molecule has 0 aliphatic carbocycles. The first-order valence-corrected chi connectivity index (χ1v) is 4.36. The third kappa shape index (κ3) is 0.997. The van der Waals surface area contributed by atoms with Gasteiger partial charge in [-0.2, -0.15) is 14.6 Å². The van der Waals surface area contributed by atoms with Gasteiger partial charge < -0.3 is 4.74 Å². The second kappa shape index (κ2) is 2.66. The van der Waals surface area contributed by atoms with Gasteiger partial charge in [0.05, 0.1) is 18.7 Å². The van der Waals surface area contributed by atoms with Gasteiger partial charge in [0.25, 0.3) is 0 Å². The topological polar surface area (TPSA) is 70.1 Å². The van der Waals surface area contributed by atoms with Crippen LogP contribution < -0.4 is 4.74 Å². The molecule has 0 N–H and O–H groups in total. The zero-order chi connectivity index (χ0) is 10.4. The molecule has 0 amide bonds. The highest BCUT2D eigenvalue weighted by molar-refractivity contribution is 5.88. The van der Waals surface area contributed by atoms with Crippen molar-refractivity contribution >= 4 is 16.7 Å². The minimum Gasteiger partial charge on any atom is -0.466 e. The van der Waals surface area contributed by atoms with Gasteiger partial charge in [0.2, 0.25) is 0 Å². The van der Waals surface area contributed by atoms with Crippen LogP contribution in [0, 0.1) is 0 Å². The quantitative estimate of drug-likeness (QED) is 0.558. The molecular weight excluding hydrogens is 196 g/mol. The van der Waals surface area contributed by atoms with E-state index in [0.717, 1.165) is 11.0 Å². The summed E-state index contributed by atoms with van der Waals surface area (Å²) in [5.74, 6) is 0. The first-order chi connectivity index (χ1) is 7.29. The Morgan fingerprint density at radius 1 is 1.33 bits per heavy atom. The van der Waals surface area contributed by atoms with Crippen molar-refractivity contribution in [3.05, 3.63) is 12.5 Å². The largest absolute Gasteiger partial charge is 0.466 e. The molecule has 0 radical (unpaired) electrons. The Labute approximate surface area is 84.3 Å². The minimum absolute atomic E-state index is 0.327. The molecule has 0 bridgehead atoms. The van der Waals surface area contributed by atoms with Gasteiger partial charge in [0.15, 0.2) is 11.3 Å². The lowest BCUT2D eigenvalue weighted by Crippen LogP contribution is -1.94. The van der Waals surface area contributed by atoms with Gasteiger partial charge in [0, 0.05) is 7.05 Å². The number of hydrogen-bond donors (Lipinski definition) is 0. The van der Waals surface area contributed by atoms with E-state index in [0.29, 0.717) is 11.7 Å². The molecule has 0 spiro atoms. The lowest BCUT2D eigenvalue weighted by atomic mass is 10.4. The first kappa shape index (κ1) is 8.16. The summed E-state index contributed by atoms with van der Waals surface area (Å²) < 4.78 is 8.22. The number of fused-ring (bicyclic) bond motifs is 3. The number of aryl methyl sites for hydroxylation is 1. The van der Waals surface area contributed by atoms with Crippen LogP contribution in [-0.2, 0) is 7.05 Å². The van der Waals surface area contributed by atoms with E-state index in [9.17, 15) is 0 Å². The predicted molar refractivity (Wildman–Crippen MR) is 51.6 cm³/mol. The smallest absolute Gasteiger partial charge is 0.336 e. The molecule has 0 fully saturated rings. The highest BCUT2D eigenvalue weighted by atomic mass is 16.5. The van der Waals surface area contributed by atoms with Crippen molar-refractivity contribution in [2.75, 3.05) is 7.11 Å². The van der Waals surface area contributed by atoms with Gasteiger partial charge in [-0.25, -0.2) is 4.98 Å². The Kier molecular flexibility index (Phi) is 1.44. The van der Waals surface area contributed by atoms with E-state index in [1.54, 1.807) is 21.7 Å². The van der Waals surface area contributed by atoms with E-state index >= 15 is 0 Å². The van der Waals surface area contributed by atoms with Crippen molar-refractivity contribution < 1.29 is 4.74 Å². The van der Waals surface area contributed by atoms with E-state index < -0.39 is 0 Å². The molecule has 7 heteroatoms. The molecule has 0 saturated carbocycles. The molecule has 0 saturated heterocycles. The average Bonchev–Trinajstić information content (AvgIpc) is 2.81. The summed E-state index contributed by atoms with van der Waals surface area (Å²) in [7, 11) is 3.36. The van der Waals surface area contributed by atoms with E-state index in [1.165, 1.54) is 7.11 Å². The molecule has 0 aromatic carbocycles. The third-order valence-electron chi connectivity index (χ3n) is 2.23. The monoisotopic (exact) mass is 204 g/mol. The minimum atomic E-state index is 0.327. The Morgan fingerprint density at radius 3 is 3.00 bits per heavy atom. The third-order valence-corrected chi connectivity index (χ3v) is 2.23. The lowest BCUT2D eigenvalue weighted by Gasteiger charge is -1.92. The summed E-state index contributed by atoms with van der Waals surface area (Å²) in [6.45, 7) is 0. The number of methoxy groups -OCH3 is 1. The lowest BCUT2D eigenvalue weighted by molar-refractivity contribution is 0.380. The summed E-state index contributed by atoms with van der Waals surface area (Å²) in [4.78, 5) is 8.43. The maximum Gasteiger partial charge on any atom is 0.336 e. The van der Waals surface area contributed by atoms with Crippen LogP contribution in [0.4, 0.5) is 0 Å². The number of nitrogens with zero attached hydrogens (tertiary/aromatic N) is 6. The molecule has 0 aliphatic rings. The molecule has 3 rings (SSSR count). The Balaban J connectivity index is 2.47.